The molecule has 0 spiro atoms. The molecule has 0 aliphatic carbocycles. The van der Waals surface area contributed by atoms with Crippen LogP contribution in [0.3, 0.4) is 0 Å². The molecule has 1 aliphatic heterocycles. The summed E-state index contributed by atoms with van der Waals surface area (Å²) in [6, 6.07) is 17.0. The number of nitrogens with one attached hydrogen (secondary N) is 1. The summed E-state index contributed by atoms with van der Waals surface area (Å²) in [5.74, 6) is 0.761. The summed E-state index contributed by atoms with van der Waals surface area (Å²) in [4.78, 5) is 4.35. The molecule has 0 unspecified atom stereocenters. The van der Waals surface area contributed by atoms with Gasteiger partial charge in [0.2, 0.25) is 5.95 Å². The van der Waals surface area contributed by atoms with Crippen molar-refractivity contribution in [1.82, 2.24) is 14.8 Å². The Labute approximate surface area is 149 Å². The Morgan fingerprint density at radius 2 is 2.00 bits per heavy atom. The minimum atomic E-state index is 0.0158. The molecule has 2 aromatic carbocycles. The van der Waals surface area contributed by atoms with E-state index in [0.717, 1.165) is 28.1 Å². The van der Waals surface area contributed by atoms with Crippen LogP contribution >= 0.6 is 15.9 Å². The van der Waals surface area contributed by atoms with E-state index in [1.165, 1.54) is 11.1 Å². The van der Waals surface area contributed by atoms with Gasteiger partial charge in [0.05, 0.1) is 0 Å². The molecule has 4 nitrogen and oxygen atoms in total. The highest BCUT2D eigenvalue weighted by Crippen LogP contribution is 2.32. The minimum Gasteiger partial charge on any atom is -0.324 e. The van der Waals surface area contributed by atoms with Gasteiger partial charge in [-0.1, -0.05) is 59.3 Å². The third-order valence-electron chi connectivity index (χ3n) is 4.27. The van der Waals surface area contributed by atoms with Crippen LogP contribution in [0.1, 0.15) is 29.7 Å². The van der Waals surface area contributed by atoms with Gasteiger partial charge < -0.3 is 5.32 Å². The van der Waals surface area contributed by atoms with Gasteiger partial charge in [0.1, 0.15) is 12.4 Å². The third-order valence-corrected chi connectivity index (χ3v) is 4.76. The van der Waals surface area contributed by atoms with Crippen molar-refractivity contribution in [3.63, 3.8) is 0 Å². The first-order valence-corrected chi connectivity index (χ1v) is 8.77. The van der Waals surface area contributed by atoms with Crippen LogP contribution < -0.4 is 5.32 Å². The van der Waals surface area contributed by atoms with Crippen molar-refractivity contribution in [3.8, 4) is 0 Å². The molecular weight excluding hydrogens is 364 g/mol. The average Bonchev–Trinajstić information content (AvgIpc) is 3.09. The van der Waals surface area contributed by atoms with E-state index in [-0.39, 0.29) is 6.04 Å². The quantitative estimate of drug-likeness (QED) is 0.718. The Morgan fingerprint density at radius 3 is 2.75 bits per heavy atom. The first-order chi connectivity index (χ1) is 11.7. The lowest BCUT2D eigenvalue weighted by Crippen LogP contribution is -2.20. The number of rotatable bonds is 3. The second-order valence-corrected chi connectivity index (χ2v) is 6.70. The number of benzene rings is 2. The molecule has 1 aromatic heterocycles. The van der Waals surface area contributed by atoms with Crippen molar-refractivity contribution in [2.75, 3.05) is 5.32 Å². The zero-order valence-corrected chi connectivity index (χ0v) is 14.9. The molecule has 0 saturated heterocycles. The predicted octanol–water partition coefficient (Wildman–Crippen LogP) is 4.66. The van der Waals surface area contributed by atoms with Crippen LogP contribution in [0.25, 0.3) is 5.70 Å². The SMILES string of the molecule is CCc1ccc(C2=C[C@@H](c3cccc(Br)c3)n3ncnc3N2)cc1. The van der Waals surface area contributed by atoms with E-state index in [2.05, 4.69) is 80.7 Å². The van der Waals surface area contributed by atoms with Crippen LogP contribution in [-0.2, 0) is 6.42 Å². The fraction of sp³-hybridized carbons (Fsp3) is 0.158. The molecule has 4 rings (SSSR count). The maximum Gasteiger partial charge on any atom is 0.226 e. The van der Waals surface area contributed by atoms with Crippen molar-refractivity contribution in [2.45, 2.75) is 19.4 Å². The van der Waals surface area contributed by atoms with Crippen LogP contribution in [0.2, 0.25) is 0 Å². The number of hydrogen-bond donors (Lipinski definition) is 1. The zero-order chi connectivity index (χ0) is 16.5. The molecule has 3 aromatic rings. The normalized spacial score (nSPS) is 16.2. The zero-order valence-electron chi connectivity index (χ0n) is 13.3. The maximum absolute atomic E-state index is 4.38. The molecule has 1 aliphatic rings. The van der Waals surface area contributed by atoms with Crippen LogP contribution in [-0.4, -0.2) is 14.8 Å². The summed E-state index contributed by atoms with van der Waals surface area (Å²) in [5, 5.41) is 7.77. The van der Waals surface area contributed by atoms with Crippen molar-refractivity contribution >= 4 is 27.6 Å². The summed E-state index contributed by atoms with van der Waals surface area (Å²) in [7, 11) is 0. The molecule has 2 heterocycles. The van der Waals surface area contributed by atoms with Crippen molar-refractivity contribution < 1.29 is 0 Å². The molecule has 0 radical (unpaired) electrons. The summed E-state index contributed by atoms with van der Waals surface area (Å²) in [6.45, 7) is 2.17. The Bertz CT molecular complexity index is 896. The van der Waals surface area contributed by atoms with Crippen LogP contribution in [0.4, 0.5) is 5.95 Å². The number of aromatic nitrogens is 3. The predicted molar refractivity (Wildman–Crippen MR) is 99.7 cm³/mol. The van der Waals surface area contributed by atoms with Crippen molar-refractivity contribution in [2.24, 2.45) is 0 Å². The molecule has 0 fully saturated rings. The van der Waals surface area contributed by atoms with Crippen molar-refractivity contribution in [1.29, 1.82) is 0 Å². The summed E-state index contributed by atoms with van der Waals surface area (Å²) >= 11 is 3.55. The molecular formula is C19H17BrN4. The monoisotopic (exact) mass is 380 g/mol. The van der Waals surface area contributed by atoms with Gasteiger partial charge in [-0.05, 0) is 41.3 Å². The molecule has 5 heteroatoms. The number of halogens is 1. The summed E-state index contributed by atoms with van der Waals surface area (Å²) < 4.78 is 2.97. The van der Waals surface area contributed by atoms with E-state index in [4.69, 9.17) is 0 Å². The Hall–Kier alpha value is -2.40. The molecule has 0 bridgehead atoms. The second-order valence-electron chi connectivity index (χ2n) is 5.78. The lowest BCUT2D eigenvalue weighted by atomic mass is 10.0. The molecule has 0 saturated carbocycles. The molecule has 1 atom stereocenters. The van der Waals surface area contributed by atoms with E-state index in [1.54, 1.807) is 6.33 Å². The molecule has 120 valence electrons. The van der Waals surface area contributed by atoms with E-state index in [1.807, 2.05) is 16.8 Å². The van der Waals surface area contributed by atoms with E-state index in [0.29, 0.717) is 0 Å². The van der Waals surface area contributed by atoms with Gasteiger partial charge in [-0.3, -0.25) is 0 Å². The van der Waals surface area contributed by atoms with Gasteiger partial charge in [0.25, 0.3) is 0 Å². The highest BCUT2D eigenvalue weighted by atomic mass is 79.9. The van der Waals surface area contributed by atoms with Crippen LogP contribution in [0, 0.1) is 0 Å². The number of anilines is 1. The largest absolute Gasteiger partial charge is 0.324 e. The van der Waals surface area contributed by atoms with Crippen LogP contribution in [0.5, 0.6) is 0 Å². The maximum atomic E-state index is 4.38. The van der Waals surface area contributed by atoms with Crippen LogP contribution in [0.15, 0.2) is 65.4 Å². The van der Waals surface area contributed by atoms with Gasteiger partial charge in [0, 0.05) is 10.2 Å². The highest BCUT2D eigenvalue weighted by Gasteiger charge is 2.23. The number of nitrogens with zero attached hydrogens (tertiary/aromatic N) is 3. The standard InChI is InChI=1S/C19H17BrN4/c1-2-13-6-8-14(9-7-13)17-11-18(15-4-3-5-16(20)10-15)24-19(23-17)21-12-22-24/h3-12,18H,2H2,1H3,(H,21,22,23)/t18-/m0/s1. The fourth-order valence-electron chi connectivity index (χ4n) is 2.95. The van der Waals surface area contributed by atoms with Gasteiger partial charge in [-0.25, -0.2) is 4.68 Å². The van der Waals surface area contributed by atoms with Gasteiger partial charge in [-0.2, -0.15) is 10.1 Å². The Balaban J connectivity index is 1.78. The third kappa shape index (κ3) is 2.76. The van der Waals surface area contributed by atoms with Crippen molar-refractivity contribution in [3.05, 3.63) is 82.1 Å². The lowest BCUT2D eigenvalue weighted by Gasteiger charge is -2.24. The molecule has 24 heavy (non-hydrogen) atoms. The average molecular weight is 381 g/mol. The topological polar surface area (TPSA) is 42.7 Å². The lowest BCUT2D eigenvalue weighted by molar-refractivity contribution is 0.611. The van der Waals surface area contributed by atoms with E-state index in [9.17, 15) is 0 Å². The van der Waals surface area contributed by atoms with E-state index < -0.39 is 0 Å². The Morgan fingerprint density at radius 1 is 1.17 bits per heavy atom. The number of fused-ring (bicyclic) bond motifs is 1. The van der Waals surface area contributed by atoms with E-state index >= 15 is 0 Å². The van der Waals surface area contributed by atoms with Gasteiger partial charge in [0.15, 0.2) is 0 Å². The fourth-order valence-corrected chi connectivity index (χ4v) is 3.37. The smallest absolute Gasteiger partial charge is 0.226 e. The van der Waals surface area contributed by atoms with Gasteiger partial charge >= 0.3 is 0 Å². The van der Waals surface area contributed by atoms with Gasteiger partial charge in [-0.15, -0.1) is 0 Å². The summed E-state index contributed by atoms with van der Waals surface area (Å²) in [5.41, 5.74) is 4.71. The highest BCUT2D eigenvalue weighted by molar-refractivity contribution is 9.10. The molecule has 1 N–H and O–H groups in total. The number of hydrogen-bond acceptors (Lipinski definition) is 3. The second kappa shape index (κ2) is 6.24. The first-order valence-electron chi connectivity index (χ1n) is 7.97. The first kappa shape index (κ1) is 15.1. The molecule has 0 amide bonds. The number of allylic oxidation sites excluding steroid dienone is 1. The Kier molecular flexibility index (Phi) is 3.94. The number of aryl methyl sites for hydroxylation is 1. The summed E-state index contributed by atoms with van der Waals surface area (Å²) in [6.07, 6.45) is 4.83. The minimum absolute atomic E-state index is 0.0158.